The van der Waals surface area contributed by atoms with Gasteiger partial charge in [0.1, 0.15) is 11.5 Å². The van der Waals surface area contributed by atoms with E-state index >= 15 is 0 Å². The van der Waals surface area contributed by atoms with Gasteiger partial charge in [0.15, 0.2) is 6.61 Å². The molecule has 0 fully saturated rings. The first kappa shape index (κ1) is 18.3. The fourth-order valence-electron chi connectivity index (χ4n) is 2.23. The molecule has 24 heavy (non-hydrogen) atoms. The molecular formula is C18H19IN2O3. The predicted octanol–water partition coefficient (Wildman–Crippen LogP) is 3.45. The molecule has 0 unspecified atom stereocenters. The fraction of sp³-hybridized carbons (Fsp3) is 0.222. The van der Waals surface area contributed by atoms with E-state index in [-0.39, 0.29) is 18.3 Å². The van der Waals surface area contributed by atoms with Gasteiger partial charge in [-0.2, -0.15) is 5.10 Å². The average molecular weight is 438 g/mol. The topological polar surface area (TPSA) is 70.9 Å². The summed E-state index contributed by atoms with van der Waals surface area (Å²) in [5, 5.41) is 13.8. The molecule has 0 saturated heterocycles. The number of hydrogen-bond acceptors (Lipinski definition) is 4. The lowest BCUT2D eigenvalue weighted by molar-refractivity contribution is -0.123. The molecule has 126 valence electrons. The Labute approximate surface area is 154 Å². The van der Waals surface area contributed by atoms with Gasteiger partial charge in [0.25, 0.3) is 5.91 Å². The number of aryl methyl sites for hydroxylation is 3. The van der Waals surface area contributed by atoms with Crippen LogP contribution in [-0.2, 0) is 4.79 Å². The third-order valence-electron chi connectivity index (χ3n) is 3.44. The smallest absolute Gasteiger partial charge is 0.277 e. The van der Waals surface area contributed by atoms with Crippen LogP contribution in [0.5, 0.6) is 11.5 Å². The monoisotopic (exact) mass is 438 g/mol. The first-order valence-corrected chi connectivity index (χ1v) is 8.46. The van der Waals surface area contributed by atoms with Crippen molar-refractivity contribution in [3.8, 4) is 11.5 Å². The molecule has 0 radical (unpaired) electrons. The standard InChI is InChI=1S/C18H19IN2O3/c1-11-5-4-6-12(2)18(11)24-10-16(22)21-20-9-14-8-15(19)7-13(3)17(14)23/h4-9,23H,10H2,1-3H3,(H,21,22)/b20-9-. The molecule has 0 aromatic heterocycles. The first-order valence-electron chi connectivity index (χ1n) is 7.38. The lowest BCUT2D eigenvalue weighted by atomic mass is 10.1. The maximum absolute atomic E-state index is 11.8. The molecule has 2 N–H and O–H groups in total. The molecular weight excluding hydrogens is 419 g/mol. The van der Waals surface area contributed by atoms with Crippen molar-refractivity contribution in [1.29, 1.82) is 0 Å². The van der Waals surface area contributed by atoms with E-state index < -0.39 is 0 Å². The van der Waals surface area contributed by atoms with Crippen molar-refractivity contribution in [3.63, 3.8) is 0 Å². The lowest BCUT2D eigenvalue weighted by Gasteiger charge is -2.10. The predicted molar refractivity (Wildman–Crippen MR) is 103 cm³/mol. The van der Waals surface area contributed by atoms with Gasteiger partial charge in [-0.1, -0.05) is 18.2 Å². The maximum Gasteiger partial charge on any atom is 0.277 e. The highest BCUT2D eigenvalue weighted by molar-refractivity contribution is 14.1. The number of amides is 1. The Kier molecular flexibility index (Phi) is 6.19. The van der Waals surface area contributed by atoms with E-state index in [4.69, 9.17) is 4.74 Å². The van der Waals surface area contributed by atoms with Crippen molar-refractivity contribution < 1.29 is 14.6 Å². The number of rotatable bonds is 5. The van der Waals surface area contributed by atoms with Crippen LogP contribution in [0.2, 0.25) is 0 Å². The summed E-state index contributed by atoms with van der Waals surface area (Å²) in [5.41, 5.74) is 5.66. The van der Waals surface area contributed by atoms with E-state index in [0.29, 0.717) is 11.3 Å². The van der Waals surface area contributed by atoms with Gasteiger partial charge in [-0.25, -0.2) is 5.43 Å². The number of nitrogens with zero attached hydrogens (tertiary/aromatic N) is 1. The highest BCUT2D eigenvalue weighted by Crippen LogP contribution is 2.23. The number of phenolic OH excluding ortho intramolecular Hbond substituents is 1. The van der Waals surface area contributed by atoms with Crippen LogP contribution >= 0.6 is 22.6 Å². The summed E-state index contributed by atoms with van der Waals surface area (Å²) < 4.78 is 6.54. The van der Waals surface area contributed by atoms with Crippen molar-refractivity contribution >= 4 is 34.7 Å². The molecule has 0 atom stereocenters. The number of ether oxygens (including phenoxy) is 1. The van der Waals surface area contributed by atoms with Crippen LogP contribution in [0.3, 0.4) is 0 Å². The SMILES string of the molecule is Cc1cc(I)cc(/C=N\NC(=O)COc2c(C)cccc2C)c1O. The number of hydrazone groups is 1. The van der Waals surface area contributed by atoms with E-state index in [2.05, 4.69) is 33.1 Å². The Morgan fingerprint density at radius 1 is 1.25 bits per heavy atom. The van der Waals surface area contributed by atoms with Crippen molar-refractivity contribution in [2.45, 2.75) is 20.8 Å². The summed E-state index contributed by atoms with van der Waals surface area (Å²) in [6.45, 7) is 5.55. The number of nitrogens with one attached hydrogen (secondary N) is 1. The Hall–Kier alpha value is -2.09. The van der Waals surface area contributed by atoms with Crippen molar-refractivity contribution in [1.82, 2.24) is 5.43 Å². The Balaban J connectivity index is 1.94. The molecule has 2 rings (SSSR count). The number of phenols is 1. The molecule has 1 amide bonds. The molecule has 2 aromatic rings. The summed E-state index contributed by atoms with van der Waals surface area (Å²) in [6, 6.07) is 9.45. The summed E-state index contributed by atoms with van der Waals surface area (Å²) in [6.07, 6.45) is 1.42. The van der Waals surface area contributed by atoms with Gasteiger partial charge < -0.3 is 9.84 Å². The number of para-hydroxylation sites is 1. The number of benzene rings is 2. The van der Waals surface area contributed by atoms with Crippen LogP contribution in [-0.4, -0.2) is 23.8 Å². The second kappa shape index (κ2) is 8.14. The first-order chi connectivity index (χ1) is 11.4. The van der Waals surface area contributed by atoms with Gasteiger partial charge in [0.2, 0.25) is 0 Å². The largest absolute Gasteiger partial charge is 0.507 e. The Morgan fingerprint density at radius 3 is 2.58 bits per heavy atom. The summed E-state index contributed by atoms with van der Waals surface area (Å²) in [7, 11) is 0. The van der Waals surface area contributed by atoms with Gasteiger partial charge in [0.05, 0.1) is 6.21 Å². The molecule has 5 nitrogen and oxygen atoms in total. The quantitative estimate of drug-likeness (QED) is 0.427. The van der Waals surface area contributed by atoms with Crippen LogP contribution in [0.4, 0.5) is 0 Å². The van der Waals surface area contributed by atoms with Gasteiger partial charge >= 0.3 is 0 Å². The van der Waals surface area contributed by atoms with Crippen molar-refractivity contribution in [3.05, 3.63) is 56.2 Å². The maximum atomic E-state index is 11.8. The highest BCUT2D eigenvalue weighted by Gasteiger charge is 2.07. The fourth-order valence-corrected chi connectivity index (χ4v) is 3.03. The number of carbonyl (C=O) groups excluding carboxylic acids is 1. The zero-order valence-corrected chi connectivity index (χ0v) is 15.9. The zero-order chi connectivity index (χ0) is 17.7. The van der Waals surface area contributed by atoms with Crippen LogP contribution in [0.15, 0.2) is 35.4 Å². The van der Waals surface area contributed by atoms with E-state index in [1.54, 1.807) is 6.07 Å². The van der Waals surface area contributed by atoms with E-state index in [9.17, 15) is 9.90 Å². The van der Waals surface area contributed by atoms with Crippen molar-refractivity contribution in [2.75, 3.05) is 6.61 Å². The zero-order valence-electron chi connectivity index (χ0n) is 13.8. The van der Waals surface area contributed by atoms with Crippen LogP contribution in [0.1, 0.15) is 22.3 Å². The molecule has 0 saturated carbocycles. The highest BCUT2D eigenvalue weighted by atomic mass is 127. The molecule has 0 aliphatic heterocycles. The van der Waals surface area contributed by atoms with Gasteiger partial charge in [-0.05, 0) is 72.2 Å². The Morgan fingerprint density at radius 2 is 1.92 bits per heavy atom. The van der Waals surface area contributed by atoms with Crippen LogP contribution in [0.25, 0.3) is 0 Å². The minimum atomic E-state index is -0.365. The third-order valence-corrected chi connectivity index (χ3v) is 4.07. The molecule has 0 heterocycles. The van der Waals surface area contributed by atoms with Crippen molar-refractivity contribution in [2.24, 2.45) is 5.10 Å². The second-order valence-electron chi connectivity index (χ2n) is 5.46. The number of aromatic hydroxyl groups is 1. The minimum absolute atomic E-state index is 0.125. The normalized spacial score (nSPS) is 10.8. The Bertz CT molecular complexity index is 768. The number of hydrogen-bond donors (Lipinski definition) is 2. The van der Waals surface area contributed by atoms with E-state index in [0.717, 1.165) is 20.3 Å². The number of halogens is 1. The molecule has 0 aliphatic rings. The van der Waals surface area contributed by atoms with E-state index in [1.807, 2.05) is 45.0 Å². The second-order valence-corrected chi connectivity index (χ2v) is 6.71. The molecule has 0 aliphatic carbocycles. The number of carbonyl (C=O) groups is 1. The summed E-state index contributed by atoms with van der Waals surface area (Å²) in [5.74, 6) is 0.499. The molecule has 2 aromatic carbocycles. The van der Waals surface area contributed by atoms with Crippen LogP contribution in [0, 0.1) is 24.3 Å². The minimum Gasteiger partial charge on any atom is -0.507 e. The molecule has 6 heteroatoms. The lowest BCUT2D eigenvalue weighted by Crippen LogP contribution is -2.25. The summed E-state index contributed by atoms with van der Waals surface area (Å²) in [4.78, 5) is 11.8. The van der Waals surface area contributed by atoms with E-state index in [1.165, 1.54) is 6.21 Å². The molecule has 0 bridgehead atoms. The van der Waals surface area contributed by atoms with Crippen LogP contribution < -0.4 is 10.2 Å². The van der Waals surface area contributed by atoms with Gasteiger partial charge in [-0.3, -0.25) is 4.79 Å². The van der Waals surface area contributed by atoms with Gasteiger partial charge in [-0.15, -0.1) is 0 Å². The van der Waals surface area contributed by atoms with Gasteiger partial charge in [0, 0.05) is 9.13 Å². The molecule has 0 spiro atoms. The average Bonchev–Trinajstić information content (AvgIpc) is 2.51. The summed E-state index contributed by atoms with van der Waals surface area (Å²) >= 11 is 2.16. The third kappa shape index (κ3) is 4.70.